The maximum atomic E-state index is 13.4. The van der Waals surface area contributed by atoms with Crippen LogP contribution in [0.2, 0.25) is 0 Å². The van der Waals surface area contributed by atoms with Gasteiger partial charge < -0.3 is 10.5 Å². The van der Waals surface area contributed by atoms with E-state index >= 15 is 0 Å². The van der Waals surface area contributed by atoms with E-state index in [1.807, 2.05) is 0 Å². The maximum Gasteiger partial charge on any atom is 0.168 e. The van der Waals surface area contributed by atoms with E-state index in [1.165, 1.54) is 6.07 Å². The van der Waals surface area contributed by atoms with Crippen molar-refractivity contribution in [2.45, 2.75) is 0 Å². The summed E-state index contributed by atoms with van der Waals surface area (Å²) in [7, 11) is 0. The third kappa shape index (κ3) is 3.08. The van der Waals surface area contributed by atoms with Crippen molar-refractivity contribution in [3.05, 3.63) is 58.1 Å². The van der Waals surface area contributed by atoms with Crippen LogP contribution >= 0.6 is 15.9 Å². The van der Waals surface area contributed by atoms with Crippen molar-refractivity contribution in [2.24, 2.45) is 5.73 Å². The molecule has 3 nitrogen and oxygen atoms in total. The molecule has 0 fully saturated rings. The smallest absolute Gasteiger partial charge is 0.168 e. The highest BCUT2D eigenvalue weighted by atomic mass is 79.9. The minimum absolute atomic E-state index is 0.0831. The molecule has 0 atom stereocenters. The lowest BCUT2D eigenvalue weighted by molar-refractivity contribution is 0.435. The van der Waals surface area contributed by atoms with E-state index in [9.17, 15) is 8.78 Å². The van der Waals surface area contributed by atoms with Gasteiger partial charge in [-0.1, -0.05) is 0 Å². The summed E-state index contributed by atoms with van der Waals surface area (Å²) < 4.78 is 32.1. The van der Waals surface area contributed by atoms with Crippen LogP contribution in [0.25, 0.3) is 0 Å². The van der Waals surface area contributed by atoms with Crippen LogP contribution in [-0.2, 0) is 0 Å². The van der Waals surface area contributed by atoms with E-state index in [-0.39, 0.29) is 11.6 Å². The van der Waals surface area contributed by atoms with Crippen LogP contribution in [0.3, 0.4) is 0 Å². The topological polar surface area (TPSA) is 59.1 Å². The van der Waals surface area contributed by atoms with Crippen LogP contribution in [0.15, 0.2) is 40.9 Å². The van der Waals surface area contributed by atoms with E-state index in [0.717, 1.165) is 12.1 Å². The van der Waals surface area contributed by atoms with Gasteiger partial charge in [0.2, 0.25) is 0 Å². The van der Waals surface area contributed by atoms with Gasteiger partial charge in [0, 0.05) is 11.6 Å². The molecule has 2 rings (SSSR count). The van der Waals surface area contributed by atoms with Crippen molar-refractivity contribution in [3.8, 4) is 11.5 Å². The molecule has 0 amide bonds. The first-order valence-electron chi connectivity index (χ1n) is 5.24. The number of hydrogen-bond acceptors (Lipinski definition) is 2. The van der Waals surface area contributed by atoms with Gasteiger partial charge >= 0.3 is 0 Å². The summed E-state index contributed by atoms with van der Waals surface area (Å²) in [6.07, 6.45) is 0. The summed E-state index contributed by atoms with van der Waals surface area (Å²) in [5, 5.41) is 7.30. The highest BCUT2D eigenvalue weighted by Crippen LogP contribution is 2.31. The van der Waals surface area contributed by atoms with E-state index in [1.54, 1.807) is 18.2 Å². The van der Waals surface area contributed by atoms with Crippen LogP contribution in [0, 0.1) is 17.0 Å². The normalized spacial score (nSPS) is 10.3. The van der Waals surface area contributed by atoms with E-state index in [2.05, 4.69) is 15.9 Å². The summed E-state index contributed by atoms with van der Waals surface area (Å²) in [6.45, 7) is 0. The first-order valence-corrected chi connectivity index (χ1v) is 6.03. The Bertz CT molecular complexity index is 647. The first-order chi connectivity index (χ1) is 8.97. The van der Waals surface area contributed by atoms with Gasteiger partial charge in [0.15, 0.2) is 11.6 Å². The van der Waals surface area contributed by atoms with Gasteiger partial charge in [-0.2, -0.15) is 0 Å². The summed E-state index contributed by atoms with van der Waals surface area (Å²) in [4.78, 5) is 0. The molecule has 2 aromatic carbocycles. The highest BCUT2D eigenvalue weighted by molar-refractivity contribution is 9.10. The predicted octanol–water partition coefficient (Wildman–Crippen LogP) is 3.80. The lowest BCUT2D eigenvalue weighted by Gasteiger charge is -2.09. The van der Waals surface area contributed by atoms with Crippen LogP contribution in [0.4, 0.5) is 8.78 Å². The number of halogens is 3. The Labute approximate surface area is 116 Å². The minimum atomic E-state index is -0.789. The number of nitrogen functional groups attached to an aromatic ring is 1. The monoisotopic (exact) mass is 326 g/mol. The summed E-state index contributed by atoms with van der Waals surface area (Å²) in [5.74, 6) is -1.29. The first kappa shape index (κ1) is 13.5. The fraction of sp³-hybridized carbons (Fsp3) is 0. The molecular weight excluding hydrogens is 318 g/mol. The Kier molecular flexibility index (Phi) is 3.80. The second-order valence-corrected chi connectivity index (χ2v) is 4.59. The molecule has 0 aliphatic carbocycles. The van der Waals surface area contributed by atoms with Crippen LogP contribution in [-0.4, -0.2) is 5.84 Å². The molecule has 98 valence electrons. The van der Waals surface area contributed by atoms with Crippen LogP contribution in [0.5, 0.6) is 11.5 Å². The Morgan fingerprint density at radius 2 is 1.79 bits per heavy atom. The van der Waals surface area contributed by atoms with E-state index in [4.69, 9.17) is 15.9 Å². The van der Waals surface area contributed by atoms with Gasteiger partial charge in [-0.15, -0.1) is 0 Å². The SMILES string of the molecule is N=C(N)c1ccc(Oc2ccc(F)cc2F)c(Br)c1. The van der Waals surface area contributed by atoms with Gasteiger partial charge in [0.05, 0.1) is 4.47 Å². The number of hydrogen-bond donors (Lipinski definition) is 2. The Morgan fingerprint density at radius 1 is 1.11 bits per heavy atom. The molecule has 0 aliphatic rings. The third-order valence-corrected chi connectivity index (χ3v) is 2.98. The Balaban J connectivity index is 2.31. The molecule has 0 saturated heterocycles. The van der Waals surface area contributed by atoms with Crippen molar-refractivity contribution in [1.29, 1.82) is 5.41 Å². The van der Waals surface area contributed by atoms with E-state index < -0.39 is 11.6 Å². The molecule has 0 saturated carbocycles. The van der Waals surface area contributed by atoms with Gasteiger partial charge in [-0.05, 0) is 46.3 Å². The standard InChI is InChI=1S/C13H9BrF2N2O/c14-9-5-7(13(17)18)1-3-11(9)19-12-4-2-8(15)6-10(12)16/h1-6H,(H3,17,18). The Hall–Kier alpha value is -1.95. The maximum absolute atomic E-state index is 13.4. The summed E-state index contributed by atoms with van der Waals surface area (Å²) in [6, 6.07) is 7.76. The lowest BCUT2D eigenvalue weighted by atomic mass is 10.2. The molecule has 6 heteroatoms. The average molecular weight is 327 g/mol. The number of ether oxygens (including phenoxy) is 1. The molecule has 0 heterocycles. The van der Waals surface area contributed by atoms with Gasteiger partial charge in [0.1, 0.15) is 17.4 Å². The predicted molar refractivity (Wildman–Crippen MR) is 71.6 cm³/mol. The molecule has 3 N–H and O–H groups in total. The van der Waals surface area contributed by atoms with Gasteiger partial charge in [-0.25, -0.2) is 8.78 Å². The molecule has 0 spiro atoms. The zero-order valence-electron chi connectivity index (χ0n) is 9.58. The number of nitrogens with one attached hydrogen (secondary N) is 1. The second-order valence-electron chi connectivity index (χ2n) is 3.74. The summed E-state index contributed by atoms with van der Waals surface area (Å²) in [5.41, 5.74) is 5.86. The average Bonchev–Trinajstić information content (AvgIpc) is 2.34. The minimum Gasteiger partial charge on any atom is -0.453 e. The number of benzene rings is 2. The fourth-order valence-electron chi connectivity index (χ4n) is 1.43. The van der Waals surface area contributed by atoms with Gasteiger partial charge in [-0.3, -0.25) is 5.41 Å². The molecule has 0 aromatic heterocycles. The lowest BCUT2D eigenvalue weighted by Crippen LogP contribution is -2.10. The molecular formula is C13H9BrF2N2O. The number of rotatable bonds is 3. The zero-order valence-corrected chi connectivity index (χ0v) is 11.2. The Morgan fingerprint density at radius 3 is 2.37 bits per heavy atom. The van der Waals surface area contributed by atoms with Crippen molar-refractivity contribution in [1.82, 2.24) is 0 Å². The third-order valence-electron chi connectivity index (χ3n) is 2.36. The van der Waals surface area contributed by atoms with Gasteiger partial charge in [0.25, 0.3) is 0 Å². The number of amidine groups is 1. The van der Waals surface area contributed by atoms with Crippen LogP contribution < -0.4 is 10.5 Å². The summed E-state index contributed by atoms with van der Waals surface area (Å²) >= 11 is 3.24. The zero-order chi connectivity index (χ0) is 14.0. The van der Waals surface area contributed by atoms with Crippen LogP contribution in [0.1, 0.15) is 5.56 Å². The van der Waals surface area contributed by atoms with Crippen molar-refractivity contribution in [3.63, 3.8) is 0 Å². The number of nitrogens with two attached hydrogens (primary N) is 1. The van der Waals surface area contributed by atoms with Crippen molar-refractivity contribution < 1.29 is 13.5 Å². The molecule has 0 unspecified atom stereocenters. The molecule has 0 bridgehead atoms. The molecule has 19 heavy (non-hydrogen) atoms. The fourth-order valence-corrected chi connectivity index (χ4v) is 1.89. The van der Waals surface area contributed by atoms with Crippen molar-refractivity contribution >= 4 is 21.8 Å². The quantitative estimate of drug-likeness (QED) is 0.665. The largest absolute Gasteiger partial charge is 0.453 e. The second kappa shape index (κ2) is 5.36. The van der Waals surface area contributed by atoms with Crippen molar-refractivity contribution in [2.75, 3.05) is 0 Å². The molecule has 0 radical (unpaired) electrons. The molecule has 2 aromatic rings. The highest BCUT2D eigenvalue weighted by Gasteiger charge is 2.09. The molecule has 0 aliphatic heterocycles. The van der Waals surface area contributed by atoms with E-state index in [0.29, 0.717) is 15.8 Å².